The zero-order valence-corrected chi connectivity index (χ0v) is 18.1. The van der Waals surface area contributed by atoms with E-state index in [-0.39, 0.29) is 17.6 Å². The zero-order valence-electron chi connectivity index (χ0n) is 14.3. The number of nitrogens with zero attached hydrogens (tertiary/aromatic N) is 4. The Hall–Kier alpha value is -2.31. The maximum absolute atomic E-state index is 12.1. The lowest BCUT2D eigenvalue weighted by Crippen LogP contribution is -2.16. The molecule has 2 aromatic carbocycles. The van der Waals surface area contributed by atoms with Crippen LogP contribution < -0.4 is 16.6 Å². The molecular formula is C17H15ClIN7OS. The molecule has 0 saturated carbocycles. The van der Waals surface area contributed by atoms with Gasteiger partial charge in [0.2, 0.25) is 11.1 Å². The molecule has 3 rings (SSSR count). The number of benzene rings is 2. The Morgan fingerprint density at radius 2 is 2.00 bits per heavy atom. The molecule has 0 atom stereocenters. The molecule has 28 heavy (non-hydrogen) atoms. The number of hydrogen-bond donors (Lipinski definition) is 3. The molecule has 0 unspecified atom stereocenters. The molecule has 1 aromatic heterocycles. The third kappa shape index (κ3) is 5.59. The molecule has 0 aliphatic heterocycles. The molecule has 0 spiro atoms. The highest BCUT2D eigenvalue weighted by Gasteiger charge is 2.12. The third-order valence-electron chi connectivity index (χ3n) is 3.40. The fourth-order valence-corrected chi connectivity index (χ4v) is 3.25. The van der Waals surface area contributed by atoms with E-state index in [9.17, 15) is 4.79 Å². The van der Waals surface area contributed by atoms with E-state index in [2.05, 4.69) is 48.6 Å². The minimum Gasteiger partial charge on any atom is -0.334 e. The molecule has 3 aromatic rings. The Balaban J connectivity index is 1.53. The van der Waals surface area contributed by atoms with Crippen molar-refractivity contribution in [1.29, 1.82) is 0 Å². The first-order valence-electron chi connectivity index (χ1n) is 7.95. The molecule has 11 heteroatoms. The van der Waals surface area contributed by atoms with Crippen LogP contribution in [-0.4, -0.2) is 32.7 Å². The van der Waals surface area contributed by atoms with Crippen molar-refractivity contribution in [3.63, 3.8) is 0 Å². The summed E-state index contributed by atoms with van der Waals surface area (Å²) in [5.74, 6) is 6.16. The number of nitrogens with two attached hydrogens (primary N) is 1. The Morgan fingerprint density at radius 3 is 2.75 bits per heavy atom. The van der Waals surface area contributed by atoms with Gasteiger partial charge in [0.1, 0.15) is 0 Å². The zero-order chi connectivity index (χ0) is 19.9. The van der Waals surface area contributed by atoms with Crippen molar-refractivity contribution in [2.45, 2.75) is 5.16 Å². The number of rotatable bonds is 7. The molecule has 0 saturated heterocycles. The summed E-state index contributed by atoms with van der Waals surface area (Å²) >= 11 is 9.43. The molecule has 144 valence electrons. The van der Waals surface area contributed by atoms with Gasteiger partial charge in [-0.15, -0.1) is 10.2 Å². The lowest BCUT2D eigenvalue weighted by molar-refractivity contribution is -0.113. The Kier molecular flexibility index (Phi) is 7.12. The first-order valence-corrected chi connectivity index (χ1v) is 10.4. The number of hydrazone groups is 1. The first kappa shape index (κ1) is 20.4. The van der Waals surface area contributed by atoms with Crippen LogP contribution in [0.5, 0.6) is 0 Å². The van der Waals surface area contributed by atoms with Gasteiger partial charge < -0.3 is 11.2 Å². The van der Waals surface area contributed by atoms with Gasteiger partial charge in [0.05, 0.1) is 12.0 Å². The van der Waals surface area contributed by atoms with Gasteiger partial charge in [0, 0.05) is 19.8 Å². The van der Waals surface area contributed by atoms with E-state index in [0.717, 1.165) is 14.8 Å². The Bertz CT molecular complexity index is 993. The molecule has 4 N–H and O–H groups in total. The standard InChI is InChI=1S/C17H15ClIN7OS/c18-14-4-2-1-3-11(14)9-21-23-16-24-25-17(26(16)20)28-10-15(27)22-13-7-5-12(19)6-8-13/h1-9H,10,20H2,(H,22,27)(H,23,24)/b21-9+. The van der Waals surface area contributed by atoms with Crippen molar-refractivity contribution in [2.75, 3.05) is 22.3 Å². The quantitative estimate of drug-likeness (QED) is 0.143. The molecule has 0 radical (unpaired) electrons. The van der Waals surface area contributed by atoms with Crippen LogP contribution in [0.4, 0.5) is 11.6 Å². The topological polar surface area (TPSA) is 110 Å². The van der Waals surface area contributed by atoms with Crippen molar-refractivity contribution in [1.82, 2.24) is 14.9 Å². The van der Waals surface area contributed by atoms with Crippen LogP contribution in [0.2, 0.25) is 5.02 Å². The second kappa shape index (κ2) is 9.75. The van der Waals surface area contributed by atoms with Crippen LogP contribution in [0.15, 0.2) is 58.8 Å². The van der Waals surface area contributed by atoms with Gasteiger partial charge in [-0.2, -0.15) is 5.10 Å². The maximum atomic E-state index is 12.1. The SMILES string of the molecule is Nn1c(N/N=C/c2ccccc2Cl)nnc1SCC(=O)Nc1ccc(I)cc1. The highest BCUT2D eigenvalue weighted by Crippen LogP contribution is 2.18. The molecule has 0 aliphatic rings. The number of anilines is 2. The fraction of sp³-hybridized carbons (Fsp3) is 0.0588. The number of carbonyl (C=O) groups excluding carboxylic acids is 1. The van der Waals surface area contributed by atoms with E-state index in [4.69, 9.17) is 17.4 Å². The lowest BCUT2D eigenvalue weighted by Gasteiger charge is -2.05. The number of hydrogen-bond acceptors (Lipinski definition) is 7. The van der Waals surface area contributed by atoms with Crippen LogP contribution >= 0.6 is 46.0 Å². The summed E-state index contributed by atoms with van der Waals surface area (Å²) in [5.41, 5.74) is 4.19. The van der Waals surface area contributed by atoms with Crippen LogP contribution in [0.3, 0.4) is 0 Å². The monoisotopic (exact) mass is 527 g/mol. The Morgan fingerprint density at radius 1 is 1.25 bits per heavy atom. The molecular weight excluding hydrogens is 513 g/mol. The Labute approximate surface area is 184 Å². The average Bonchev–Trinajstić information content (AvgIpc) is 3.03. The maximum Gasteiger partial charge on any atom is 0.264 e. The summed E-state index contributed by atoms with van der Waals surface area (Å²) in [5, 5.41) is 15.7. The second-order valence-corrected chi connectivity index (χ2v) is 8.01. The van der Waals surface area contributed by atoms with Crippen molar-refractivity contribution >= 4 is 69.7 Å². The van der Waals surface area contributed by atoms with Crippen molar-refractivity contribution in [3.05, 3.63) is 62.7 Å². The van der Waals surface area contributed by atoms with Crippen LogP contribution in [-0.2, 0) is 4.79 Å². The summed E-state index contributed by atoms with van der Waals surface area (Å²) < 4.78 is 2.32. The lowest BCUT2D eigenvalue weighted by atomic mass is 10.2. The van der Waals surface area contributed by atoms with Crippen molar-refractivity contribution in [3.8, 4) is 0 Å². The first-order chi connectivity index (χ1) is 13.5. The van der Waals surface area contributed by atoms with E-state index >= 15 is 0 Å². The van der Waals surface area contributed by atoms with Gasteiger partial charge in [-0.05, 0) is 52.9 Å². The number of nitrogen functional groups attached to an aromatic ring is 1. The van der Waals surface area contributed by atoms with E-state index < -0.39 is 0 Å². The highest BCUT2D eigenvalue weighted by molar-refractivity contribution is 14.1. The molecule has 1 amide bonds. The number of thioether (sulfide) groups is 1. The van der Waals surface area contributed by atoms with Crippen LogP contribution in [0.25, 0.3) is 0 Å². The number of aromatic nitrogens is 3. The third-order valence-corrected chi connectivity index (χ3v) is 5.40. The fourth-order valence-electron chi connectivity index (χ4n) is 2.05. The summed E-state index contributed by atoms with van der Waals surface area (Å²) in [6, 6.07) is 14.8. The molecule has 8 nitrogen and oxygen atoms in total. The number of nitrogens with one attached hydrogen (secondary N) is 2. The van der Waals surface area contributed by atoms with Gasteiger partial charge in [0.25, 0.3) is 5.95 Å². The number of halogens is 2. The van der Waals surface area contributed by atoms with Gasteiger partial charge in [-0.25, -0.2) is 10.1 Å². The van der Waals surface area contributed by atoms with Crippen LogP contribution in [0, 0.1) is 3.57 Å². The molecule has 1 heterocycles. The second-order valence-electron chi connectivity index (χ2n) is 5.41. The summed E-state index contributed by atoms with van der Waals surface area (Å²) in [6.07, 6.45) is 1.55. The minimum atomic E-state index is -0.166. The summed E-state index contributed by atoms with van der Waals surface area (Å²) in [6.45, 7) is 0. The summed E-state index contributed by atoms with van der Waals surface area (Å²) in [7, 11) is 0. The highest BCUT2D eigenvalue weighted by atomic mass is 127. The normalized spacial score (nSPS) is 10.9. The van der Waals surface area contributed by atoms with E-state index in [1.165, 1.54) is 16.4 Å². The van der Waals surface area contributed by atoms with E-state index in [1.54, 1.807) is 12.3 Å². The smallest absolute Gasteiger partial charge is 0.264 e. The predicted molar refractivity (Wildman–Crippen MR) is 121 cm³/mol. The number of amides is 1. The van der Waals surface area contributed by atoms with Crippen LogP contribution in [0.1, 0.15) is 5.56 Å². The van der Waals surface area contributed by atoms with Gasteiger partial charge in [-0.1, -0.05) is 41.6 Å². The van der Waals surface area contributed by atoms with E-state index in [0.29, 0.717) is 10.2 Å². The molecule has 0 aliphatic carbocycles. The van der Waals surface area contributed by atoms with Gasteiger partial charge >= 0.3 is 0 Å². The van der Waals surface area contributed by atoms with Gasteiger partial charge in [0.15, 0.2) is 0 Å². The van der Waals surface area contributed by atoms with Crippen molar-refractivity contribution < 1.29 is 4.79 Å². The minimum absolute atomic E-state index is 0.143. The average molecular weight is 528 g/mol. The number of carbonyl (C=O) groups is 1. The predicted octanol–water partition coefficient (Wildman–Crippen LogP) is 3.43. The molecule has 0 bridgehead atoms. The van der Waals surface area contributed by atoms with Gasteiger partial charge in [-0.3, -0.25) is 4.79 Å². The molecule has 0 fully saturated rings. The largest absolute Gasteiger partial charge is 0.334 e. The van der Waals surface area contributed by atoms with E-state index in [1.807, 2.05) is 42.5 Å². The summed E-state index contributed by atoms with van der Waals surface area (Å²) in [4.78, 5) is 12.1. The van der Waals surface area contributed by atoms with Crippen molar-refractivity contribution in [2.24, 2.45) is 5.10 Å².